The van der Waals surface area contributed by atoms with Crippen LogP contribution in [0, 0.1) is 6.92 Å². The average Bonchev–Trinajstić information content (AvgIpc) is 3.18. The molecule has 116 valence electrons. The second-order valence-electron chi connectivity index (χ2n) is 6.27. The van der Waals surface area contributed by atoms with Gasteiger partial charge in [0.15, 0.2) is 0 Å². The molecule has 0 aliphatic carbocycles. The predicted molar refractivity (Wildman–Crippen MR) is 96.5 cm³/mol. The third-order valence-electron chi connectivity index (χ3n) is 4.80. The van der Waals surface area contributed by atoms with Crippen molar-refractivity contribution in [2.45, 2.75) is 6.92 Å². The molecule has 3 heteroatoms. The number of rotatable bonds is 1. The van der Waals surface area contributed by atoms with Gasteiger partial charge in [-0.1, -0.05) is 30.3 Å². The molecule has 24 heavy (non-hydrogen) atoms. The van der Waals surface area contributed by atoms with E-state index in [0.717, 1.165) is 22.4 Å². The Labute approximate surface area is 139 Å². The van der Waals surface area contributed by atoms with Gasteiger partial charge < -0.3 is 4.42 Å². The number of hydrogen-bond acceptors (Lipinski definition) is 1. The maximum absolute atomic E-state index is 6.31. The molecule has 3 nitrogen and oxygen atoms in total. The standard InChI is InChI=1S/C21H17N2O/c1-14-6-5-12-23(14)21-20-17(11-13-22(21)2)19-16-8-4-3-7-15(16)9-10-18(19)24-20/h3-13H,1-2H3/q+1. The minimum atomic E-state index is 0.922. The second kappa shape index (κ2) is 4.71. The first kappa shape index (κ1) is 13.4. The zero-order valence-corrected chi connectivity index (χ0v) is 13.7. The summed E-state index contributed by atoms with van der Waals surface area (Å²) in [7, 11) is 2.06. The molecule has 0 amide bonds. The lowest BCUT2D eigenvalue weighted by molar-refractivity contribution is -0.664. The SMILES string of the molecule is Cc1cccn1-c1c2oc3ccc4ccccc4c3c2cc[n+]1C. The number of pyridine rings is 1. The van der Waals surface area contributed by atoms with E-state index in [9.17, 15) is 0 Å². The lowest BCUT2D eigenvalue weighted by Gasteiger charge is -2.03. The van der Waals surface area contributed by atoms with Gasteiger partial charge in [0, 0.05) is 10.8 Å². The van der Waals surface area contributed by atoms with Crippen LogP contribution in [0.5, 0.6) is 0 Å². The van der Waals surface area contributed by atoms with Crippen molar-refractivity contribution in [1.29, 1.82) is 0 Å². The fraction of sp³-hybridized carbons (Fsp3) is 0.0952. The first-order valence-corrected chi connectivity index (χ1v) is 8.11. The molecule has 3 heterocycles. The molecule has 2 aromatic carbocycles. The third kappa shape index (κ3) is 1.69. The molecular formula is C21H17N2O+. The van der Waals surface area contributed by atoms with Crippen molar-refractivity contribution in [2.75, 3.05) is 0 Å². The van der Waals surface area contributed by atoms with Crippen LogP contribution in [0.1, 0.15) is 5.69 Å². The zero-order chi connectivity index (χ0) is 16.3. The summed E-state index contributed by atoms with van der Waals surface area (Å²) < 4.78 is 10.6. The molecule has 0 radical (unpaired) electrons. The summed E-state index contributed by atoms with van der Waals surface area (Å²) in [5.74, 6) is 1.05. The van der Waals surface area contributed by atoms with Crippen LogP contribution in [-0.2, 0) is 7.05 Å². The Bertz CT molecular complexity index is 1230. The summed E-state index contributed by atoms with van der Waals surface area (Å²) in [6.45, 7) is 2.11. The lowest BCUT2D eigenvalue weighted by atomic mass is 10.0. The Morgan fingerprint density at radius 1 is 0.917 bits per heavy atom. The zero-order valence-electron chi connectivity index (χ0n) is 13.7. The summed E-state index contributed by atoms with van der Waals surface area (Å²) in [5.41, 5.74) is 3.04. The molecule has 0 bridgehead atoms. The summed E-state index contributed by atoms with van der Waals surface area (Å²) in [5, 5.41) is 4.81. The second-order valence-corrected chi connectivity index (χ2v) is 6.27. The van der Waals surface area contributed by atoms with Crippen molar-refractivity contribution in [3.63, 3.8) is 0 Å². The summed E-state index contributed by atoms with van der Waals surface area (Å²) >= 11 is 0. The van der Waals surface area contributed by atoms with Gasteiger partial charge in [-0.05, 0) is 42.0 Å². The van der Waals surface area contributed by atoms with Crippen LogP contribution in [0.15, 0.2) is 71.4 Å². The minimum Gasteiger partial charge on any atom is -0.447 e. The van der Waals surface area contributed by atoms with Gasteiger partial charge in [0.05, 0.1) is 19.4 Å². The highest BCUT2D eigenvalue weighted by Crippen LogP contribution is 2.36. The maximum Gasteiger partial charge on any atom is 0.330 e. The highest BCUT2D eigenvalue weighted by atomic mass is 16.3. The summed E-state index contributed by atoms with van der Waals surface area (Å²) in [4.78, 5) is 0. The van der Waals surface area contributed by atoms with Crippen molar-refractivity contribution in [1.82, 2.24) is 4.57 Å². The smallest absolute Gasteiger partial charge is 0.330 e. The van der Waals surface area contributed by atoms with Crippen molar-refractivity contribution in [2.24, 2.45) is 7.05 Å². The number of nitrogens with zero attached hydrogens (tertiary/aromatic N) is 2. The molecule has 0 spiro atoms. The normalized spacial score (nSPS) is 11.8. The largest absolute Gasteiger partial charge is 0.447 e. The number of aromatic nitrogens is 2. The fourth-order valence-corrected chi connectivity index (χ4v) is 3.62. The van der Waals surface area contributed by atoms with E-state index < -0.39 is 0 Å². The molecule has 3 aromatic heterocycles. The number of hydrogen-bond donors (Lipinski definition) is 0. The van der Waals surface area contributed by atoms with E-state index in [-0.39, 0.29) is 0 Å². The van der Waals surface area contributed by atoms with E-state index in [2.05, 4.69) is 90.1 Å². The van der Waals surface area contributed by atoms with Crippen LogP contribution < -0.4 is 4.57 Å². The summed E-state index contributed by atoms with van der Waals surface area (Å²) in [6, 6.07) is 19.0. The molecular weight excluding hydrogens is 296 g/mol. The van der Waals surface area contributed by atoms with Crippen LogP contribution in [-0.4, -0.2) is 4.57 Å². The molecule has 0 fully saturated rings. The first-order valence-electron chi connectivity index (χ1n) is 8.11. The van der Waals surface area contributed by atoms with Gasteiger partial charge in [-0.3, -0.25) is 0 Å². The number of fused-ring (bicyclic) bond motifs is 5. The minimum absolute atomic E-state index is 0.922. The summed E-state index contributed by atoms with van der Waals surface area (Å²) in [6.07, 6.45) is 4.18. The quantitative estimate of drug-likeness (QED) is 0.412. The molecule has 0 saturated carbocycles. The van der Waals surface area contributed by atoms with E-state index >= 15 is 0 Å². The van der Waals surface area contributed by atoms with Gasteiger partial charge in [0.1, 0.15) is 11.3 Å². The molecule has 0 saturated heterocycles. The van der Waals surface area contributed by atoms with Crippen molar-refractivity contribution < 1.29 is 8.98 Å². The molecule has 5 rings (SSSR count). The predicted octanol–water partition coefficient (Wildman–Crippen LogP) is 4.66. The Morgan fingerprint density at radius 2 is 1.79 bits per heavy atom. The van der Waals surface area contributed by atoms with Crippen LogP contribution >= 0.6 is 0 Å². The average molecular weight is 313 g/mol. The topological polar surface area (TPSA) is 21.9 Å². The monoisotopic (exact) mass is 313 g/mol. The van der Waals surface area contributed by atoms with Gasteiger partial charge in [0.25, 0.3) is 0 Å². The van der Waals surface area contributed by atoms with E-state index in [1.165, 1.54) is 21.9 Å². The Balaban J connectivity index is 2.01. The van der Waals surface area contributed by atoms with Crippen LogP contribution in [0.3, 0.4) is 0 Å². The molecule has 0 unspecified atom stereocenters. The molecule has 5 aromatic rings. The van der Waals surface area contributed by atoms with Gasteiger partial charge in [-0.2, -0.15) is 0 Å². The van der Waals surface area contributed by atoms with Gasteiger partial charge in [-0.15, -0.1) is 0 Å². The van der Waals surface area contributed by atoms with Gasteiger partial charge in [0.2, 0.25) is 5.58 Å². The Kier molecular flexibility index (Phi) is 2.63. The highest BCUT2D eigenvalue weighted by Gasteiger charge is 2.22. The Morgan fingerprint density at radius 3 is 2.62 bits per heavy atom. The maximum atomic E-state index is 6.31. The third-order valence-corrected chi connectivity index (χ3v) is 4.80. The molecule has 0 aliphatic heterocycles. The number of furan rings is 1. The van der Waals surface area contributed by atoms with E-state index in [1.807, 2.05) is 0 Å². The van der Waals surface area contributed by atoms with Crippen molar-refractivity contribution >= 4 is 32.7 Å². The Hall–Kier alpha value is -3.07. The van der Waals surface area contributed by atoms with Crippen molar-refractivity contribution in [3.8, 4) is 5.82 Å². The van der Waals surface area contributed by atoms with Gasteiger partial charge in [-0.25, -0.2) is 9.13 Å². The van der Waals surface area contributed by atoms with E-state index in [4.69, 9.17) is 4.42 Å². The van der Waals surface area contributed by atoms with Crippen LogP contribution in [0.4, 0.5) is 0 Å². The van der Waals surface area contributed by atoms with E-state index in [1.54, 1.807) is 0 Å². The molecule has 0 atom stereocenters. The van der Waals surface area contributed by atoms with Gasteiger partial charge >= 0.3 is 5.82 Å². The van der Waals surface area contributed by atoms with Crippen LogP contribution in [0.25, 0.3) is 38.5 Å². The molecule has 0 aliphatic rings. The van der Waals surface area contributed by atoms with E-state index in [0.29, 0.717) is 0 Å². The lowest BCUT2D eigenvalue weighted by Crippen LogP contribution is -2.33. The number of aryl methyl sites for hydroxylation is 2. The number of benzene rings is 2. The fourth-order valence-electron chi connectivity index (χ4n) is 3.62. The molecule has 0 N–H and O–H groups in total. The highest BCUT2D eigenvalue weighted by molar-refractivity contribution is 6.19. The van der Waals surface area contributed by atoms with Crippen molar-refractivity contribution in [3.05, 3.63) is 72.7 Å². The van der Waals surface area contributed by atoms with Crippen LogP contribution in [0.2, 0.25) is 0 Å². The first-order chi connectivity index (χ1) is 11.7.